The minimum absolute atomic E-state index is 0.0571. The van der Waals surface area contributed by atoms with E-state index in [9.17, 15) is 14.4 Å². The van der Waals surface area contributed by atoms with Gasteiger partial charge >= 0.3 is 0 Å². The fourth-order valence-electron chi connectivity index (χ4n) is 2.50. The molecule has 130 valence electrons. The number of carbonyl (C=O) groups is 3. The summed E-state index contributed by atoms with van der Waals surface area (Å²) in [5, 5.41) is 0.897. The van der Waals surface area contributed by atoms with E-state index in [2.05, 4.69) is 0 Å². The van der Waals surface area contributed by atoms with Gasteiger partial charge in [0.1, 0.15) is 0 Å². The van der Waals surface area contributed by atoms with Gasteiger partial charge in [-0.05, 0) is 19.3 Å². The van der Waals surface area contributed by atoms with Crippen molar-refractivity contribution in [1.82, 2.24) is 9.96 Å². The Morgan fingerprint density at radius 2 is 1.83 bits per heavy atom. The molecular weight excluding hydrogens is 336 g/mol. The summed E-state index contributed by atoms with van der Waals surface area (Å²) in [4.78, 5) is 42.0. The maximum absolute atomic E-state index is 12.1. The molecule has 0 N–H and O–H groups in total. The quantitative estimate of drug-likeness (QED) is 0.356. The lowest BCUT2D eigenvalue weighted by atomic mass is 10.2. The molecule has 1 atom stereocenters. The van der Waals surface area contributed by atoms with Gasteiger partial charge in [-0.25, -0.2) is 0 Å². The van der Waals surface area contributed by atoms with Crippen molar-refractivity contribution in [1.29, 1.82) is 0 Å². The molecule has 2 aliphatic heterocycles. The van der Waals surface area contributed by atoms with Crippen molar-refractivity contribution < 1.29 is 19.2 Å². The van der Waals surface area contributed by atoms with Crippen LogP contribution in [0.3, 0.4) is 0 Å². The second kappa shape index (κ2) is 9.54. The van der Waals surface area contributed by atoms with Crippen molar-refractivity contribution in [3.8, 4) is 0 Å². The molecule has 0 saturated carbocycles. The van der Waals surface area contributed by atoms with Gasteiger partial charge < -0.3 is 4.90 Å². The highest BCUT2D eigenvalue weighted by molar-refractivity contribution is 8.76. The first-order valence-electron chi connectivity index (χ1n) is 8.11. The minimum atomic E-state index is -0.244. The molecule has 2 rings (SSSR count). The van der Waals surface area contributed by atoms with Crippen LogP contribution in [-0.4, -0.2) is 58.9 Å². The smallest absolute Gasteiger partial charge is 0.253 e. The number of hydrogen-bond donors (Lipinski definition) is 0. The molecule has 8 heteroatoms. The van der Waals surface area contributed by atoms with Crippen molar-refractivity contribution in [2.45, 2.75) is 39.0 Å². The molecule has 0 unspecified atom stereocenters. The third-order valence-corrected chi connectivity index (χ3v) is 6.51. The topological polar surface area (TPSA) is 66.9 Å². The van der Waals surface area contributed by atoms with Crippen molar-refractivity contribution in [2.24, 2.45) is 5.92 Å². The van der Waals surface area contributed by atoms with Gasteiger partial charge in [0, 0.05) is 43.4 Å². The van der Waals surface area contributed by atoms with Crippen LogP contribution in [0.1, 0.15) is 39.0 Å². The fraction of sp³-hybridized carbons (Fsp3) is 0.800. The van der Waals surface area contributed by atoms with E-state index in [1.807, 2.05) is 11.8 Å². The van der Waals surface area contributed by atoms with Crippen LogP contribution in [0, 0.1) is 5.92 Å². The Balaban J connectivity index is 1.48. The predicted octanol–water partition coefficient (Wildman–Crippen LogP) is 2.10. The molecule has 2 heterocycles. The Hall–Kier alpha value is -0.730. The molecule has 0 spiro atoms. The number of amides is 3. The van der Waals surface area contributed by atoms with E-state index in [4.69, 9.17) is 4.84 Å². The van der Waals surface area contributed by atoms with Crippen molar-refractivity contribution in [3.63, 3.8) is 0 Å². The average molecular weight is 361 g/mol. The van der Waals surface area contributed by atoms with Gasteiger partial charge in [-0.1, -0.05) is 28.5 Å². The molecule has 3 amide bonds. The van der Waals surface area contributed by atoms with Crippen molar-refractivity contribution >= 4 is 39.3 Å². The van der Waals surface area contributed by atoms with E-state index >= 15 is 0 Å². The van der Waals surface area contributed by atoms with E-state index in [0.717, 1.165) is 48.9 Å². The molecule has 23 heavy (non-hydrogen) atoms. The molecule has 2 fully saturated rings. The molecule has 6 nitrogen and oxygen atoms in total. The van der Waals surface area contributed by atoms with Gasteiger partial charge in [0.15, 0.2) is 0 Å². The van der Waals surface area contributed by atoms with Gasteiger partial charge in [-0.2, -0.15) is 5.06 Å². The standard InChI is InChI=1S/C15H24N2O4S2/c1-12(15(20)16-7-2-3-8-16)11-23-22-10-4-9-21-17-13(18)5-6-14(17)19/h12H,2-11H2,1H3/t12-/m1/s1. The van der Waals surface area contributed by atoms with E-state index < -0.39 is 0 Å². The summed E-state index contributed by atoms with van der Waals surface area (Å²) in [6.45, 7) is 4.17. The maximum Gasteiger partial charge on any atom is 0.253 e. The number of carbonyl (C=O) groups excluding carboxylic acids is 3. The second-order valence-corrected chi connectivity index (χ2v) is 8.44. The Bertz CT molecular complexity index is 425. The highest BCUT2D eigenvalue weighted by atomic mass is 33.1. The third kappa shape index (κ3) is 5.69. The normalized spacial score (nSPS) is 19.7. The summed E-state index contributed by atoms with van der Waals surface area (Å²) >= 11 is 0. The Kier molecular flexibility index (Phi) is 7.72. The van der Waals surface area contributed by atoms with Crippen LogP contribution in [-0.2, 0) is 19.2 Å². The lowest BCUT2D eigenvalue weighted by Gasteiger charge is -2.19. The molecule has 2 aliphatic rings. The minimum Gasteiger partial charge on any atom is -0.342 e. The number of hydroxylamine groups is 2. The van der Waals surface area contributed by atoms with Crippen LogP contribution in [0.5, 0.6) is 0 Å². The molecule has 0 aromatic rings. The molecule has 0 aromatic carbocycles. The predicted molar refractivity (Wildman–Crippen MR) is 91.6 cm³/mol. The first kappa shape index (κ1) is 18.6. The second-order valence-electron chi connectivity index (χ2n) is 5.81. The Morgan fingerprint density at radius 3 is 2.48 bits per heavy atom. The lowest BCUT2D eigenvalue weighted by Crippen LogP contribution is -2.33. The summed E-state index contributed by atoms with van der Waals surface area (Å²) in [5.41, 5.74) is 0. The molecule has 0 radical (unpaired) electrons. The zero-order chi connectivity index (χ0) is 16.7. The fourth-order valence-corrected chi connectivity index (χ4v) is 4.91. The summed E-state index contributed by atoms with van der Waals surface area (Å²) in [5.74, 6) is 1.51. The van der Waals surface area contributed by atoms with Crippen molar-refractivity contribution in [3.05, 3.63) is 0 Å². The first-order chi connectivity index (χ1) is 11.1. The monoisotopic (exact) mass is 360 g/mol. The summed E-state index contributed by atoms with van der Waals surface area (Å²) in [6.07, 6.45) is 3.53. The van der Waals surface area contributed by atoms with Gasteiger partial charge in [0.25, 0.3) is 11.8 Å². The SMILES string of the molecule is C[C@H](CSSCCCON1C(=O)CCC1=O)C(=O)N1CCCC1. The Morgan fingerprint density at radius 1 is 1.17 bits per heavy atom. The largest absolute Gasteiger partial charge is 0.342 e. The van der Waals surface area contributed by atoms with Crippen LogP contribution < -0.4 is 0 Å². The van der Waals surface area contributed by atoms with Crippen LogP contribution in [0.25, 0.3) is 0 Å². The van der Waals surface area contributed by atoms with Gasteiger partial charge in [-0.15, -0.1) is 0 Å². The molecule has 0 bridgehead atoms. The molecule has 2 saturated heterocycles. The van der Waals surface area contributed by atoms with E-state index in [0.29, 0.717) is 6.61 Å². The summed E-state index contributed by atoms with van der Waals surface area (Å²) in [6, 6.07) is 0. The average Bonchev–Trinajstić information content (AvgIpc) is 3.17. The molecule has 0 aromatic heterocycles. The summed E-state index contributed by atoms with van der Waals surface area (Å²) < 4.78 is 0. The van der Waals surface area contributed by atoms with Crippen LogP contribution in [0.2, 0.25) is 0 Å². The highest BCUT2D eigenvalue weighted by Crippen LogP contribution is 2.26. The Labute approximate surface area is 145 Å². The van der Waals surface area contributed by atoms with Crippen LogP contribution in [0.4, 0.5) is 0 Å². The lowest BCUT2D eigenvalue weighted by molar-refractivity contribution is -0.187. The highest BCUT2D eigenvalue weighted by Gasteiger charge is 2.29. The van der Waals surface area contributed by atoms with E-state index in [1.54, 1.807) is 21.6 Å². The number of likely N-dealkylation sites (tertiary alicyclic amines) is 1. The number of hydrogen-bond acceptors (Lipinski definition) is 6. The number of imide groups is 1. The number of rotatable bonds is 9. The van der Waals surface area contributed by atoms with Crippen LogP contribution in [0.15, 0.2) is 0 Å². The zero-order valence-electron chi connectivity index (χ0n) is 13.5. The number of nitrogens with zero attached hydrogens (tertiary/aromatic N) is 2. The molecular formula is C15H24N2O4S2. The maximum atomic E-state index is 12.1. The summed E-state index contributed by atoms with van der Waals surface area (Å²) in [7, 11) is 3.40. The molecule has 0 aliphatic carbocycles. The van der Waals surface area contributed by atoms with E-state index in [1.165, 1.54) is 0 Å². The van der Waals surface area contributed by atoms with Gasteiger partial charge in [-0.3, -0.25) is 19.2 Å². The van der Waals surface area contributed by atoms with Crippen LogP contribution >= 0.6 is 21.6 Å². The third-order valence-electron chi connectivity index (χ3n) is 3.84. The van der Waals surface area contributed by atoms with E-state index in [-0.39, 0.29) is 36.5 Å². The first-order valence-corrected chi connectivity index (χ1v) is 10.6. The van der Waals surface area contributed by atoms with Gasteiger partial charge in [0.05, 0.1) is 6.61 Å². The van der Waals surface area contributed by atoms with Crippen molar-refractivity contribution in [2.75, 3.05) is 31.2 Å². The zero-order valence-corrected chi connectivity index (χ0v) is 15.1. The van der Waals surface area contributed by atoms with Gasteiger partial charge in [0.2, 0.25) is 5.91 Å².